The van der Waals surface area contributed by atoms with Crippen molar-refractivity contribution < 1.29 is 13.9 Å². The van der Waals surface area contributed by atoms with Crippen molar-refractivity contribution in [2.24, 2.45) is 0 Å². The van der Waals surface area contributed by atoms with Gasteiger partial charge in [0.1, 0.15) is 17.7 Å². The van der Waals surface area contributed by atoms with Crippen LogP contribution in [0.4, 0.5) is 4.39 Å². The molecule has 0 aliphatic carbocycles. The van der Waals surface area contributed by atoms with Crippen molar-refractivity contribution in [2.45, 2.75) is 18.7 Å². The molecule has 1 aromatic heterocycles. The summed E-state index contributed by atoms with van der Waals surface area (Å²) in [6.45, 7) is 1.95. The van der Waals surface area contributed by atoms with E-state index in [2.05, 4.69) is 9.88 Å². The monoisotopic (exact) mass is 361 g/mol. The summed E-state index contributed by atoms with van der Waals surface area (Å²) in [5.74, 6) is -0.245. The Bertz CT molecular complexity index is 832. The average molecular weight is 362 g/mol. The van der Waals surface area contributed by atoms with Crippen LogP contribution in [0.25, 0.3) is 0 Å². The van der Waals surface area contributed by atoms with Gasteiger partial charge < -0.3 is 9.64 Å². The first-order valence-corrected chi connectivity index (χ1v) is 8.45. The molecule has 0 bridgehead atoms. The van der Waals surface area contributed by atoms with Crippen LogP contribution >= 0.6 is 11.6 Å². The van der Waals surface area contributed by atoms with E-state index in [1.165, 1.54) is 18.2 Å². The molecule has 5 nitrogen and oxygen atoms in total. The molecule has 25 heavy (non-hydrogen) atoms. The van der Waals surface area contributed by atoms with Gasteiger partial charge in [-0.25, -0.2) is 4.39 Å². The number of amides is 1. The maximum Gasteiger partial charge on any atom is 0.257 e. The first kappa shape index (κ1) is 16.3. The summed E-state index contributed by atoms with van der Waals surface area (Å²) in [6, 6.07) is 5.85. The smallest absolute Gasteiger partial charge is 0.257 e. The van der Waals surface area contributed by atoms with E-state index in [9.17, 15) is 9.18 Å². The lowest BCUT2D eigenvalue weighted by molar-refractivity contribution is 0.0682. The fourth-order valence-corrected chi connectivity index (χ4v) is 3.68. The van der Waals surface area contributed by atoms with Gasteiger partial charge in [0.15, 0.2) is 0 Å². The number of fused-ring (bicyclic) bond motifs is 2. The van der Waals surface area contributed by atoms with E-state index >= 15 is 0 Å². The number of likely N-dealkylation sites (tertiary alicyclic amines) is 1. The third-order valence-corrected chi connectivity index (χ3v) is 5.17. The fraction of sp³-hybridized carbons (Fsp3) is 0.333. The number of pyridine rings is 1. The normalized spacial score (nSPS) is 23.0. The molecule has 0 saturated carbocycles. The van der Waals surface area contributed by atoms with Gasteiger partial charge in [-0.2, -0.15) is 0 Å². The molecule has 2 aliphatic heterocycles. The number of halogens is 2. The SMILES string of the molecule is CN1C(=O)c2ccc(F)cc2O[C@H]2CN(Cc3ccncc3Cl)C[C@H]21. The van der Waals surface area contributed by atoms with E-state index in [0.717, 1.165) is 5.56 Å². The summed E-state index contributed by atoms with van der Waals surface area (Å²) < 4.78 is 19.6. The third-order valence-electron chi connectivity index (χ3n) is 4.83. The number of hydrogen-bond donors (Lipinski definition) is 0. The molecule has 0 radical (unpaired) electrons. The second-order valence-electron chi connectivity index (χ2n) is 6.44. The first-order chi connectivity index (χ1) is 12.0. The lowest BCUT2D eigenvalue weighted by Gasteiger charge is -2.25. The summed E-state index contributed by atoms with van der Waals surface area (Å²) >= 11 is 6.19. The molecule has 2 aromatic rings. The van der Waals surface area contributed by atoms with Crippen LogP contribution in [-0.2, 0) is 6.54 Å². The average Bonchev–Trinajstić information content (AvgIpc) is 2.94. The van der Waals surface area contributed by atoms with Crippen LogP contribution in [0, 0.1) is 5.82 Å². The van der Waals surface area contributed by atoms with Crippen LogP contribution in [0.1, 0.15) is 15.9 Å². The summed E-state index contributed by atoms with van der Waals surface area (Å²) in [4.78, 5) is 20.6. The number of hydrogen-bond acceptors (Lipinski definition) is 4. The molecule has 0 N–H and O–H groups in total. The maximum absolute atomic E-state index is 13.6. The number of nitrogens with zero attached hydrogens (tertiary/aromatic N) is 3. The van der Waals surface area contributed by atoms with E-state index in [4.69, 9.17) is 16.3 Å². The van der Waals surface area contributed by atoms with E-state index in [-0.39, 0.29) is 18.1 Å². The van der Waals surface area contributed by atoms with Crippen LogP contribution in [0.2, 0.25) is 5.02 Å². The van der Waals surface area contributed by atoms with Crippen LogP contribution in [0.5, 0.6) is 5.75 Å². The van der Waals surface area contributed by atoms with Gasteiger partial charge in [0.2, 0.25) is 0 Å². The van der Waals surface area contributed by atoms with Gasteiger partial charge in [0, 0.05) is 45.1 Å². The number of ether oxygens (including phenoxy) is 1. The lowest BCUT2D eigenvalue weighted by atomic mass is 10.1. The highest BCUT2D eigenvalue weighted by molar-refractivity contribution is 6.31. The number of likely N-dealkylation sites (N-methyl/N-ethyl adjacent to an activating group) is 1. The number of benzene rings is 1. The highest BCUT2D eigenvalue weighted by Crippen LogP contribution is 2.32. The molecule has 1 fully saturated rings. The molecule has 2 atom stereocenters. The highest BCUT2D eigenvalue weighted by Gasteiger charge is 2.42. The number of aromatic nitrogens is 1. The minimum absolute atomic E-state index is 0.0939. The molecule has 130 valence electrons. The minimum Gasteiger partial charge on any atom is -0.486 e. The number of carbonyl (C=O) groups is 1. The molecule has 0 unspecified atom stereocenters. The van der Waals surface area contributed by atoms with Crippen molar-refractivity contribution in [2.75, 3.05) is 20.1 Å². The number of carbonyl (C=O) groups excluding carboxylic acids is 1. The second kappa shape index (κ2) is 6.28. The standard InChI is InChI=1S/C18H17ClFN3O2/c1-22-15-9-23(8-11-4-5-21-7-14(11)19)10-17(15)25-16-6-12(20)2-3-13(16)18(22)24/h2-7,15,17H,8-10H2,1H3/t15-,17+/m1/s1. The van der Waals surface area contributed by atoms with E-state index in [0.29, 0.717) is 36.0 Å². The third kappa shape index (κ3) is 2.96. The van der Waals surface area contributed by atoms with Crippen molar-refractivity contribution in [3.05, 3.63) is 58.6 Å². The Hall–Kier alpha value is -2.18. The molecule has 3 heterocycles. The Morgan fingerprint density at radius 3 is 3.00 bits per heavy atom. The van der Waals surface area contributed by atoms with E-state index in [1.807, 2.05) is 6.07 Å². The van der Waals surface area contributed by atoms with Crippen molar-refractivity contribution in [3.63, 3.8) is 0 Å². The molecule has 4 rings (SSSR count). The molecule has 1 amide bonds. The predicted octanol–water partition coefficient (Wildman–Crippen LogP) is 2.59. The van der Waals surface area contributed by atoms with Crippen LogP contribution in [-0.4, -0.2) is 53.0 Å². The van der Waals surface area contributed by atoms with Crippen LogP contribution < -0.4 is 4.74 Å². The summed E-state index contributed by atoms with van der Waals surface area (Å²) in [7, 11) is 1.77. The molecular formula is C18H17ClFN3O2. The van der Waals surface area contributed by atoms with E-state index < -0.39 is 5.82 Å². The van der Waals surface area contributed by atoms with Crippen LogP contribution in [0.15, 0.2) is 36.7 Å². The fourth-order valence-electron chi connectivity index (χ4n) is 3.50. The second-order valence-corrected chi connectivity index (χ2v) is 6.85. The Kier molecular flexibility index (Phi) is 4.09. The van der Waals surface area contributed by atoms with Crippen molar-refractivity contribution in [1.29, 1.82) is 0 Å². The Morgan fingerprint density at radius 2 is 2.20 bits per heavy atom. The zero-order valence-corrected chi connectivity index (χ0v) is 14.4. The molecule has 0 spiro atoms. The summed E-state index contributed by atoms with van der Waals surface area (Å²) in [5, 5.41) is 0.618. The Labute approximate surface area is 150 Å². The van der Waals surface area contributed by atoms with Gasteiger partial charge in [-0.05, 0) is 23.8 Å². The molecular weight excluding hydrogens is 345 g/mol. The summed E-state index contributed by atoms with van der Waals surface area (Å²) in [5.41, 5.74) is 1.38. The Morgan fingerprint density at radius 1 is 1.36 bits per heavy atom. The van der Waals surface area contributed by atoms with Crippen LogP contribution in [0.3, 0.4) is 0 Å². The minimum atomic E-state index is -0.411. The predicted molar refractivity (Wildman–Crippen MR) is 91.2 cm³/mol. The quantitative estimate of drug-likeness (QED) is 0.825. The molecule has 2 aliphatic rings. The van der Waals surface area contributed by atoms with Crippen molar-refractivity contribution >= 4 is 17.5 Å². The van der Waals surface area contributed by atoms with Gasteiger partial charge in [-0.3, -0.25) is 14.7 Å². The Balaban J connectivity index is 1.58. The zero-order valence-electron chi connectivity index (χ0n) is 13.7. The summed E-state index contributed by atoms with van der Waals surface area (Å²) in [6.07, 6.45) is 3.12. The molecule has 7 heteroatoms. The molecule has 1 aromatic carbocycles. The van der Waals surface area contributed by atoms with Gasteiger partial charge in [0.25, 0.3) is 5.91 Å². The van der Waals surface area contributed by atoms with Gasteiger partial charge in [0.05, 0.1) is 16.6 Å². The van der Waals surface area contributed by atoms with Crippen molar-refractivity contribution in [3.8, 4) is 5.75 Å². The number of rotatable bonds is 2. The first-order valence-electron chi connectivity index (χ1n) is 8.07. The maximum atomic E-state index is 13.6. The lowest BCUT2D eigenvalue weighted by Crippen LogP contribution is -2.44. The largest absolute Gasteiger partial charge is 0.486 e. The van der Waals surface area contributed by atoms with Gasteiger partial charge >= 0.3 is 0 Å². The zero-order chi connectivity index (χ0) is 17.6. The highest BCUT2D eigenvalue weighted by atomic mass is 35.5. The molecule has 1 saturated heterocycles. The topological polar surface area (TPSA) is 45.7 Å². The van der Waals surface area contributed by atoms with E-state index in [1.54, 1.807) is 24.3 Å². The van der Waals surface area contributed by atoms with Gasteiger partial charge in [-0.15, -0.1) is 0 Å². The van der Waals surface area contributed by atoms with Crippen molar-refractivity contribution in [1.82, 2.24) is 14.8 Å². The van der Waals surface area contributed by atoms with Gasteiger partial charge in [-0.1, -0.05) is 11.6 Å².